The van der Waals surface area contributed by atoms with Crippen molar-refractivity contribution >= 4 is 28.2 Å². The van der Waals surface area contributed by atoms with Crippen molar-refractivity contribution in [3.8, 4) is 17.2 Å². The first kappa shape index (κ1) is 17.4. The molecule has 7 nitrogen and oxygen atoms in total. The average molecular weight is 360 g/mol. The van der Waals surface area contributed by atoms with Crippen LogP contribution in [0, 0.1) is 5.82 Å². The number of nitrogens with one attached hydrogen (secondary N) is 2. The predicted octanol–water partition coefficient (Wildman–Crippen LogP) is 3.77. The molecule has 0 aliphatic carbocycles. The Morgan fingerprint density at radius 2 is 1.69 bits per heavy atom. The zero-order chi connectivity index (χ0) is 18.8. The maximum atomic E-state index is 13.9. The lowest BCUT2D eigenvalue weighted by atomic mass is 10.2. The molecule has 0 spiro atoms. The molecule has 0 aliphatic rings. The van der Waals surface area contributed by atoms with Crippen molar-refractivity contribution < 1.29 is 28.5 Å². The van der Waals surface area contributed by atoms with Gasteiger partial charge < -0.3 is 29.6 Å². The summed E-state index contributed by atoms with van der Waals surface area (Å²) in [5, 5.41) is 12.7. The molecule has 136 valence electrons. The minimum atomic E-state index is -1.12. The van der Waals surface area contributed by atoms with E-state index in [9.17, 15) is 9.18 Å². The van der Waals surface area contributed by atoms with Crippen LogP contribution in [0.1, 0.15) is 10.5 Å². The summed E-state index contributed by atoms with van der Waals surface area (Å²) < 4.78 is 29.8. The van der Waals surface area contributed by atoms with Gasteiger partial charge in [0.15, 0.2) is 11.5 Å². The van der Waals surface area contributed by atoms with Gasteiger partial charge in [-0.25, -0.2) is 9.18 Å². The molecule has 0 radical (unpaired) electrons. The summed E-state index contributed by atoms with van der Waals surface area (Å²) in [4.78, 5) is 13.8. The molecule has 3 aromatic rings. The molecule has 8 heteroatoms. The maximum absolute atomic E-state index is 13.9. The first-order valence-corrected chi connectivity index (χ1v) is 7.59. The number of halogens is 1. The molecule has 1 heterocycles. The number of methoxy groups -OCH3 is 3. The number of fused-ring (bicyclic) bond motifs is 1. The van der Waals surface area contributed by atoms with Crippen LogP contribution in [0.4, 0.5) is 15.8 Å². The second kappa shape index (κ2) is 6.83. The molecule has 0 amide bonds. The van der Waals surface area contributed by atoms with Gasteiger partial charge in [0.2, 0.25) is 5.75 Å². The van der Waals surface area contributed by atoms with Crippen LogP contribution < -0.4 is 19.5 Å². The number of H-pyrrole nitrogens is 1. The number of aromatic nitrogens is 1. The van der Waals surface area contributed by atoms with Gasteiger partial charge in [-0.05, 0) is 18.2 Å². The molecule has 1 aromatic heterocycles. The molecule has 0 saturated carbocycles. The van der Waals surface area contributed by atoms with Gasteiger partial charge in [-0.15, -0.1) is 0 Å². The number of aromatic carboxylic acids is 1. The highest BCUT2D eigenvalue weighted by Crippen LogP contribution is 2.41. The number of rotatable bonds is 6. The van der Waals surface area contributed by atoms with Gasteiger partial charge in [-0.3, -0.25) is 0 Å². The molecule has 0 unspecified atom stereocenters. The fourth-order valence-electron chi connectivity index (χ4n) is 2.73. The molecule has 3 N–H and O–H groups in total. The van der Waals surface area contributed by atoms with E-state index < -0.39 is 11.8 Å². The lowest BCUT2D eigenvalue weighted by Crippen LogP contribution is -1.98. The van der Waals surface area contributed by atoms with Crippen LogP contribution in [0.2, 0.25) is 0 Å². The summed E-state index contributed by atoms with van der Waals surface area (Å²) in [6.07, 6.45) is 0. The fraction of sp³-hybridized carbons (Fsp3) is 0.167. The molecule has 0 bridgehead atoms. The molecule has 26 heavy (non-hydrogen) atoms. The first-order valence-electron chi connectivity index (χ1n) is 7.59. The van der Waals surface area contributed by atoms with Gasteiger partial charge in [0, 0.05) is 23.2 Å². The number of hydrogen-bond acceptors (Lipinski definition) is 5. The highest BCUT2D eigenvalue weighted by Gasteiger charge is 2.16. The van der Waals surface area contributed by atoms with E-state index in [1.165, 1.54) is 39.5 Å². The van der Waals surface area contributed by atoms with Gasteiger partial charge in [0.25, 0.3) is 0 Å². The third kappa shape index (κ3) is 3.08. The van der Waals surface area contributed by atoms with Gasteiger partial charge >= 0.3 is 5.97 Å². The zero-order valence-electron chi connectivity index (χ0n) is 14.3. The van der Waals surface area contributed by atoms with Crippen molar-refractivity contribution in [3.63, 3.8) is 0 Å². The molecular weight excluding hydrogens is 343 g/mol. The quantitative estimate of drug-likeness (QED) is 0.620. The number of hydrogen-bond donors (Lipinski definition) is 3. The maximum Gasteiger partial charge on any atom is 0.352 e. The Balaban J connectivity index is 2.10. The number of ether oxygens (including phenoxy) is 3. The summed E-state index contributed by atoms with van der Waals surface area (Å²) in [6, 6.07) is 7.30. The normalized spacial score (nSPS) is 10.6. The Morgan fingerprint density at radius 1 is 1.04 bits per heavy atom. The number of carboxylic acid groups (broad SMARTS) is 1. The highest BCUT2D eigenvalue weighted by atomic mass is 19.1. The molecule has 0 saturated heterocycles. The third-order valence-corrected chi connectivity index (χ3v) is 3.88. The van der Waals surface area contributed by atoms with Crippen LogP contribution in [-0.2, 0) is 0 Å². The van der Waals surface area contributed by atoms with Crippen molar-refractivity contribution in [2.24, 2.45) is 0 Å². The number of anilines is 2. The van der Waals surface area contributed by atoms with Crippen LogP contribution in [-0.4, -0.2) is 37.4 Å². The number of aromatic amines is 1. The van der Waals surface area contributed by atoms with E-state index in [-0.39, 0.29) is 5.69 Å². The number of carboxylic acids is 1. The van der Waals surface area contributed by atoms with E-state index in [0.29, 0.717) is 39.5 Å². The average Bonchev–Trinajstić information content (AvgIpc) is 3.05. The van der Waals surface area contributed by atoms with Crippen molar-refractivity contribution in [1.82, 2.24) is 4.98 Å². The second-order valence-corrected chi connectivity index (χ2v) is 5.44. The van der Waals surface area contributed by atoms with Crippen molar-refractivity contribution in [3.05, 3.63) is 41.8 Å². The predicted molar refractivity (Wildman–Crippen MR) is 94.6 cm³/mol. The minimum Gasteiger partial charge on any atom is -0.493 e. The van der Waals surface area contributed by atoms with Crippen molar-refractivity contribution in [2.45, 2.75) is 0 Å². The van der Waals surface area contributed by atoms with E-state index in [2.05, 4.69) is 10.3 Å². The van der Waals surface area contributed by atoms with E-state index in [4.69, 9.17) is 19.3 Å². The van der Waals surface area contributed by atoms with E-state index >= 15 is 0 Å². The number of benzene rings is 2. The van der Waals surface area contributed by atoms with Crippen molar-refractivity contribution in [1.29, 1.82) is 0 Å². The van der Waals surface area contributed by atoms with Gasteiger partial charge in [0.05, 0.1) is 32.5 Å². The van der Waals surface area contributed by atoms with Crippen LogP contribution in [0.3, 0.4) is 0 Å². The van der Waals surface area contributed by atoms with E-state index in [0.717, 1.165) is 0 Å². The molecular formula is C18H17FN2O5. The number of carbonyl (C=O) groups is 1. The standard InChI is InChI=1S/C18H17FN2O5/c1-24-15-6-10(7-16(25-2)17(15)26-3)20-12-4-9(19)5-13-11(12)8-14(21-13)18(22)23/h4-8,20-21H,1-3H3,(H,22,23). The summed E-state index contributed by atoms with van der Waals surface area (Å²) in [5.74, 6) is -0.337. The van der Waals surface area contributed by atoms with Crippen LogP contribution in [0.5, 0.6) is 17.2 Å². The Morgan fingerprint density at radius 3 is 2.23 bits per heavy atom. The first-order chi connectivity index (χ1) is 12.5. The van der Waals surface area contributed by atoms with Gasteiger partial charge in [0.1, 0.15) is 11.5 Å². The largest absolute Gasteiger partial charge is 0.493 e. The van der Waals surface area contributed by atoms with Gasteiger partial charge in [-0.1, -0.05) is 0 Å². The smallest absolute Gasteiger partial charge is 0.352 e. The van der Waals surface area contributed by atoms with Crippen molar-refractivity contribution in [2.75, 3.05) is 26.6 Å². The summed E-state index contributed by atoms with van der Waals surface area (Å²) in [6.45, 7) is 0. The molecule has 2 aromatic carbocycles. The topological polar surface area (TPSA) is 92.8 Å². The van der Waals surface area contributed by atoms with Gasteiger partial charge in [-0.2, -0.15) is 0 Å². The minimum absolute atomic E-state index is 0.0291. The molecule has 0 fully saturated rings. The monoisotopic (exact) mass is 360 g/mol. The van der Waals surface area contributed by atoms with E-state index in [1.807, 2.05) is 0 Å². The van der Waals surface area contributed by atoms with E-state index in [1.54, 1.807) is 12.1 Å². The lowest BCUT2D eigenvalue weighted by Gasteiger charge is -2.15. The summed E-state index contributed by atoms with van der Waals surface area (Å²) in [7, 11) is 4.48. The summed E-state index contributed by atoms with van der Waals surface area (Å²) >= 11 is 0. The van der Waals surface area contributed by atoms with Crippen LogP contribution >= 0.6 is 0 Å². The summed E-state index contributed by atoms with van der Waals surface area (Å²) in [5.41, 5.74) is 1.30. The Hall–Kier alpha value is -3.42. The fourth-order valence-corrected chi connectivity index (χ4v) is 2.73. The Labute approximate surface area is 148 Å². The Bertz CT molecular complexity index is 958. The lowest BCUT2D eigenvalue weighted by molar-refractivity contribution is 0.0691. The third-order valence-electron chi connectivity index (χ3n) is 3.88. The molecule has 3 rings (SSSR count). The Kier molecular flexibility index (Phi) is 4.57. The SMILES string of the molecule is COc1cc(Nc2cc(F)cc3[nH]c(C(=O)O)cc23)cc(OC)c1OC. The highest BCUT2D eigenvalue weighted by molar-refractivity contribution is 6.00. The second-order valence-electron chi connectivity index (χ2n) is 5.44. The molecule has 0 aliphatic heterocycles. The van der Waals surface area contributed by atoms with Crippen LogP contribution in [0.25, 0.3) is 10.9 Å². The van der Waals surface area contributed by atoms with Crippen LogP contribution in [0.15, 0.2) is 30.3 Å². The molecule has 0 atom stereocenters. The zero-order valence-corrected chi connectivity index (χ0v) is 14.3.